The molecule has 0 unspecified atom stereocenters. The molecule has 0 aromatic carbocycles. The second-order valence-corrected chi connectivity index (χ2v) is 1.89. The number of carbonyl (C=O) groups is 1. The summed E-state index contributed by atoms with van der Waals surface area (Å²) in [6.45, 7) is 0. The fourth-order valence-electron chi connectivity index (χ4n) is 0.0595. The zero-order valence-corrected chi connectivity index (χ0v) is 75.8. The molecule has 0 aromatic heterocycles. The van der Waals surface area contributed by atoms with Crippen LogP contribution >= 0.6 is 0 Å². The van der Waals surface area contributed by atoms with Crippen LogP contribution in [-0.4, -0.2) is 10.6 Å². The molecule has 0 spiro atoms. The van der Waals surface area contributed by atoms with E-state index in [1.165, 1.54) is 0 Å². The van der Waals surface area contributed by atoms with E-state index >= 15 is 0 Å². The van der Waals surface area contributed by atoms with E-state index in [1.807, 2.05) is 0 Å². The number of rotatable bonds is 1. The van der Waals surface area contributed by atoms with E-state index in [9.17, 15) is 4.79 Å². The zero-order valence-electron chi connectivity index (χ0n) is 11.3. The predicted molar refractivity (Wildman–Crippen MR) is 16.2 cm³/mol. The first-order chi connectivity index (χ1) is 5.31. The Hall–Kier alpha value is 14.3. The summed E-state index contributed by atoms with van der Waals surface area (Å²) < 4.78 is 5.70. The molecule has 27 heavy (non-hydrogen) atoms. The van der Waals surface area contributed by atoms with Crippen molar-refractivity contribution < 1.29 is 446 Å². The molecule has 3 nitrogen and oxygen atoms in total. The van der Waals surface area contributed by atoms with Gasteiger partial charge in [-0.2, -0.15) is 0 Å². The van der Waals surface area contributed by atoms with E-state index in [0.717, 1.165) is 39.0 Å². The van der Waals surface area contributed by atoms with Gasteiger partial charge in [0.05, 0.1) is 0 Å². The number of nitrogens with zero attached hydrogens (tertiary/aromatic N) is 2. The van der Waals surface area contributed by atoms with Crippen molar-refractivity contribution in [2.24, 2.45) is 3.50 Å². The average Bonchev–Trinajstić information content (AvgIpc) is 2.12. The Morgan fingerprint density at radius 1 is 0.556 bits per heavy atom. The Bertz CT molecular complexity index is 133. The molecule has 0 bridgehead atoms. The Labute approximate surface area is 451 Å². The second-order valence-electron chi connectivity index (χ2n) is 0.577. The predicted octanol–water partition coefficient (Wildman–Crippen LogP) is 0.344. The molecule has 0 aliphatic rings. The summed E-state index contributed by atoms with van der Waals surface area (Å²) in [5.74, 6) is 0. The molecule has 0 heterocycles. The summed E-state index contributed by atoms with van der Waals surface area (Å²) in [4.78, 5) is 10.1. The summed E-state index contributed by atoms with van der Waals surface area (Å²) in [6.07, 6.45) is 0. The van der Waals surface area contributed by atoms with Crippen LogP contribution in [0, 0.1) is 0 Å². The molecule has 0 aromatic rings. The van der Waals surface area contributed by atoms with Gasteiger partial charge in [-0.3, -0.25) is 0 Å². The molecule has 0 fully saturated rings. The van der Waals surface area contributed by atoms with Crippen LogP contribution in [0.4, 0.5) is 4.79 Å². The SMILES string of the molecule is O=C([N]=[W])[N-][C-]=[W].[W].[W].[W].[W].[W].[W].[W].[W].[W].[W].[W].[W].[W].[W].[W].[W].[W]=[W].[W]=[W]. The normalized spacial score (nSPS) is 2.07. The first kappa shape index (κ1) is 135. The van der Waals surface area contributed by atoms with Crippen LogP contribution in [-0.2, 0) is 441 Å². The number of carbonyl (C=O) groups excluding carboxylic acids is 1. The van der Waals surface area contributed by atoms with Gasteiger partial charge in [-0.1, -0.05) is 0 Å². The monoisotopic (exact) mass is 4110 g/mol. The van der Waals surface area contributed by atoms with Crippen molar-refractivity contribution in [3.8, 4) is 0 Å². The maximum absolute atomic E-state index is 10.1. The van der Waals surface area contributed by atoms with Gasteiger partial charge in [0.25, 0.3) is 0 Å². The minimum absolute atomic E-state index is 0. The summed E-state index contributed by atoms with van der Waals surface area (Å²) in [7, 11) is 0. The quantitative estimate of drug-likeness (QED) is 0.351. The summed E-state index contributed by atoms with van der Waals surface area (Å²) in [5.41, 5.74) is 0. The van der Waals surface area contributed by atoms with Crippen LogP contribution in [0.3, 0.4) is 0 Å². The van der Waals surface area contributed by atoms with Crippen molar-refractivity contribution in [3.05, 3.63) is 5.32 Å². The number of hydrogen-bond acceptors (Lipinski definition) is 1. The first-order valence-corrected chi connectivity index (χ1v) is 26.4. The number of amides is 2. The van der Waals surface area contributed by atoms with Crippen molar-refractivity contribution >= 4 is 10.6 Å². The zero-order chi connectivity index (χ0) is 9.70. The van der Waals surface area contributed by atoms with Crippen LogP contribution in [0.25, 0.3) is 5.32 Å². The van der Waals surface area contributed by atoms with Crippen molar-refractivity contribution in [1.82, 2.24) is 0 Å². The van der Waals surface area contributed by atoms with Gasteiger partial charge in [0.2, 0.25) is 0 Å². The molecule has 0 N–H and O–H groups in total. The van der Waals surface area contributed by atoms with Gasteiger partial charge in [-0.15, -0.1) is 0 Å². The van der Waals surface area contributed by atoms with Gasteiger partial charge in [0, 0.05) is 337 Å². The third kappa shape index (κ3) is 159. The number of urea groups is 1. The van der Waals surface area contributed by atoms with E-state index in [2.05, 4.69) is 13.3 Å². The Balaban J connectivity index is -0.00000000179. The average molecular weight is 4110 g/mol. The molecule has 0 saturated heterocycles. The van der Waals surface area contributed by atoms with E-state index in [0.29, 0.717) is 0 Å². The molecule has 0 rings (SSSR count). The van der Waals surface area contributed by atoms with Crippen molar-refractivity contribution in [1.29, 1.82) is 0 Å². The molecule has 0 atom stereocenters. The fraction of sp³-hybridized carbons (Fsp3) is 0. The molecular weight excluding hydrogens is 4110 g/mol. The third-order valence-corrected chi connectivity index (χ3v) is 1.11. The van der Waals surface area contributed by atoms with Crippen LogP contribution in [0.2, 0.25) is 0 Å². The molecular formula is C2N2OW22-2. The van der Waals surface area contributed by atoms with E-state index in [1.54, 1.807) is 64.9 Å². The van der Waals surface area contributed by atoms with Crippen molar-refractivity contribution in [3.63, 3.8) is 0 Å². The van der Waals surface area contributed by atoms with Gasteiger partial charge < -0.3 is 0 Å². The van der Waals surface area contributed by atoms with E-state index < -0.39 is 6.03 Å². The summed E-state index contributed by atoms with van der Waals surface area (Å²) >= 11 is 8.59. The summed E-state index contributed by atoms with van der Waals surface area (Å²) in [6, 6.07) is -0.426. The van der Waals surface area contributed by atoms with Gasteiger partial charge >= 0.3 is 128 Å². The standard InChI is InChI=1S/C2N2O.22W/c1-4-2(3)5;;;;;;;;;;;;;;;;;;;;;;/q-2;;;;;;;;;;;;;;;;;;;;;;. The molecule has 0 aliphatic carbocycles. The van der Waals surface area contributed by atoms with Gasteiger partial charge in [-0.05, 0) is 0 Å². The topological polar surface area (TPSA) is 43.5 Å². The van der Waals surface area contributed by atoms with Gasteiger partial charge in [0.1, 0.15) is 0 Å². The van der Waals surface area contributed by atoms with Crippen LogP contribution in [0.1, 0.15) is 0 Å². The maximum atomic E-state index is 10.1. The van der Waals surface area contributed by atoms with E-state index in [-0.39, 0.29) is 337 Å². The summed E-state index contributed by atoms with van der Waals surface area (Å²) in [5, 5.41) is 3.25. The molecule has 2 amide bonds. The van der Waals surface area contributed by atoms with Gasteiger partial charge in [-0.25, -0.2) is 0 Å². The minimum atomic E-state index is -0.426. The molecule has 158 valence electrons. The van der Waals surface area contributed by atoms with Crippen LogP contribution in [0.15, 0.2) is 3.50 Å². The Morgan fingerprint density at radius 2 is 0.704 bits per heavy atom. The van der Waals surface area contributed by atoms with E-state index in [4.69, 9.17) is 0 Å². The first-order valence-electron chi connectivity index (χ1n) is 1.59. The third-order valence-electron chi connectivity index (χ3n) is 0.219. The number of hydrogen-bond donors (Lipinski definition) is 0. The molecule has 0 aliphatic heterocycles. The Morgan fingerprint density at radius 3 is 0.741 bits per heavy atom. The Kier molecular flexibility index (Phi) is 755. The van der Waals surface area contributed by atoms with Crippen molar-refractivity contribution in [2.45, 2.75) is 0 Å². The van der Waals surface area contributed by atoms with Crippen LogP contribution < -0.4 is 0 Å². The van der Waals surface area contributed by atoms with Gasteiger partial charge in [0.15, 0.2) is 0 Å². The molecule has 25 heteroatoms. The molecule has 0 radical (unpaired) electrons. The van der Waals surface area contributed by atoms with Crippen molar-refractivity contribution in [2.75, 3.05) is 0 Å². The second kappa shape index (κ2) is 151. The van der Waals surface area contributed by atoms with Crippen LogP contribution in [0.5, 0.6) is 0 Å². The fourth-order valence-corrected chi connectivity index (χ4v) is 0.487. The molecule has 0 saturated carbocycles.